The van der Waals surface area contributed by atoms with Crippen LogP contribution in [0.4, 0.5) is 0 Å². The molecule has 1 unspecified atom stereocenters. The Bertz CT molecular complexity index is 446. The lowest BCUT2D eigenvalue weighted by Crippen LogP contribution is -2.14. The highest BCUT2D eigenvalue weighted by molar-refractivity contribution is 6.01. The number of carbonyl (C=O) groups excluding carboxylic acids is 1. The summed E-state index contributed by atoms with van der Waals surface area (Å²) in [5.41, 5.74) is 1.80. The Morgan fingerprint density at radius 2 is 2.00 bits per heavy atom. The van der Waals surface area contributed by atoms with Crippen molar-refractivity contribution in [3.05, 3.63) is 42.0 Å². The third-order valence-corrected chi connectivity index (χ3v) is 2.77. The van der Waals surface area contributed by atoms with Gasteiger partial charge in [0.2, 0.25) is 0 Å². The predicted molar refractivity (Wildman–Crippen MR) is 59.8 cm³/mol. The van der Waals surface area contributed by atoms with Crippen molar-refractivity contribution in [1.29, 1.82) is 0 Å². The number of rotatable bonds is 3. The second-order valence-electron chi connectivity index (χ2n) is 3.85. The molecule has 1 aromatic carbocycles. The van der Waals surface area contributed by atoms with E-state index in [-0.39, 0.29) is 12.2 Å². The van der Waals surface area contributed by atoms with Gasteiger partial charge in [0.25, 0.3) is 0 Å². The minimum atomic E-state index is -0.929. The number of ketones is 1. The summed E-state index contributed by atoms with van der Waals surface area (Å²) >= 11 is 0. The lowest BCUT2D eigenvalue weighted by Gasteiger charge is -2.11. The number of carbonyl (C=O) groups is 2. The SMILES string of the molecule is O=C(O)CC1C(=O)CC=C1c1ccccc1. The molecule has 0 radical (unpaired) electrons. The second-order valence-corrected chi connectivity index (χ2v) is 3.85. The van der Waals surface area contributed by atoms with Gasteiger partial charge in [0.15, 0.2) is 0 Å². The van der Waals surface area contributed by atoms with E-state index < -0.39 is 11.9 Å². The molecule has 0 aromatic heterocycles. The molecule has 0 bridgehead atoms. The number of hydrogen-bond acceptors (Lipinski definition) is 2. The third kappa shape index (κ3) is 2.03. The highest BCUT2D eigenvalue weighted by Gasteiger charge is 2.30. The van der Waals surface area contributed by atoms with Crippen molar-refractivity contribution in [2.45, 2.75) is 12.8 Å². The number of carboxylic acids is 1. The summed E-state index contributed by atoms with van der Waals surface area (Å²) in [6.07, 6.45) is 2.08. The van der Waals surface area contributed by atoms with Gasteiger partial charge in [0.05, 0.1) is 12.3 Å². The molecule has 0 fully saturated rings. The summed E-state index contributed by atoms with van der Waals surface area (Å²) in [7, 11) is 0. The van der Waals surface area contributed by atoms with Gasteiger partial charge in [0, 0.05) is 6.42 Å². The topological polar surface area (TPSA) is 54.4 Å². The van der Waals surface area contributed by atoms with Crippen LogP contribution in [0.1, 0.15) is 18.4 Å². The Morgan fingerprint density at radius 1 is 1.31 bits per heavy atom. The number of aliphatic carboxylic acids is 1. The molecule has 0 saturated carbocycles. The highest BCUT2D eigenvalue weighted by atomic mass is 16.4. The van der Waals surface area contributed by atoms with Gasteiger partial charge in [-0.15, -0.1) is 0 Å². The first-order chi connectivity index (χ1) is 7.68. The lowest BCUT2D eigenvalue weighted by atomic mass is 9.91. The molecule has 1 N–H and O–H groups in total. The van der Waals surface area contributed by atoms with Gasteiger partial charge in [-0.3, -0.25) is 9.59 Å². The van der Waals surface area contributed by atoms with Gasteiger partial charge >= 0.3 is 5.97 Å². The van der Waals surface area contributed by atoms with E-state index in [0.29, 0.717) is 6.42 Å². The van der Waals surface area contributed by atoms with Crippen molar-refractivity contribution in [1.82, 2.24) is 0 Å². The third-order valence-electron chi connectivity index (χ3n) is 2.77. The minimum absolute atomic E-state index is 0.00116. The first-order valence-electron chi connectivity index (χ1n) is 5.18. The molecule has 1 atom stereocenters. The van der Waals surface area contributed by atoms with Crippen molar-refractivity contribution in [2.24, 2.45) is 5.92 Å². The van der Waals surface area contributed by atoms with E-state index >= 15 is 0 Å². The molecule has 0 heterocycles. The van der Waals surface area contributed by atoms with Gasteiger partial charge in [0.1, 0.15) is 5.78 Å². The van der Waals surface area contributed by atoms with Crippen LogP contribution in [0.3, 0.4) is 0 Å². The molecule has 1 aliphatic rings. The monoisotopic (exact) mass is 216 g/mol. The molecule has 82 valence electrons. The first-order valence-corrected chi connectivity index (χ1v) is 5.18. The van der Waals surface area contributed by atoms with Crippen LogP contribution < -0.4 is 0 Å². The van der Waals surface area contributed by atoms with E-state index in [0.717, 1.165) is 11.1 Å². The zero-order chi connectivity index (χ0) is 11.5. The fraction of sp³-hybridized carbons (Fsp3) is 0.231. The summed E-state index contributed by atoms with van der Waals surface area (Å²) in [6, 6.07) is 9.47. The van der Waals surface area contributed by atoms with Crippen molar-refractivity contribution < 1.29 is 14.7 Å². The molecule has 0 amide bonds. The standard InChI is InChI=1S/C13H12O3/c14-12-7-6-10(11(12)8-13(15)16)9-4-2-1-3-5-9/h1-6,11H,7-8H2,(H,15,16). The Kier molecular flexibility index (Phi) is 2.86. The van der Waals surface area contributed by atoms with Crippen LogP contribution in [0.15, 0.2) is 36.4 Å². The molecule has 0 aliphatic heterocycles. The summed E-state index contributed by atoms with van der Waals surface area (Å²) < 4.78 is 0. The highest BCUT2D eigenvalue weighted by Crippen LogP contribution is 2.33. The van der Waals surface area contributed by atoms with Gasteiger partial charge in [-0.2, -0.15) is 0 Å². The number of Topliss-reactive ketones (excluding diaryl/α,β-unsaturated/α-hetero) is 1. The minimum Gasteiger partial charge on any atom is -0.481 e. The summed E-state index contributed by atoms with van der Waals surface area (Å²) in [6.45, 7) is 0. The van der Waals surface area contributed by atoms with Crippen LogP contribution in [0.5, 0.6) is 0 Å². The van der Waals surface area contributed by atoms with Crippen LogP contribution >= 0.6 is 0 Å². The quantitative estimate of drug-likeness (QED) is 0.842. The average Bonchev–Trinajstić information content (AvgIpc) is 2.61. The summed E-state index contributed by atoms with van der Waals surface area (Å²) in [5, 5.41) is 8.78. The van der Waals surface area contributed by atoms with E-state index in [2.05, 4.69) is 0 Å². The maximum absolute atomic E-state index is 11.6. The normalized spacial score (nSPS) is 19.6. The maximum atomic E-state index is 11.6. The van der Waals surface area contributed by atoms with E-state index in [1.807, 2.05) is 36.4 Å². The van der Waals surface area contributed by atoms with Crippen LogP contribution in [0.2, 0.25) is 0 Å². The van der Waals surface area contributed by atoms with Crippen molar-refractivity contribution in [3.8, 4) is 0 Å². The molecule has 1 aromatic rings. The van der Waals surface area contributed by atoms with Gasteiger partial charge in [-0.1, -0.05) is 36.4 Å². The van der Waals surface area contributed by atoms with E-state index in [9.17, 15) is 9.59 Å². The Hall–Kier alpha value is -1.90. The second kappa shape index (κ2) is 4.31. The summed E-state index contributed by atoms with van der Waals surface area (Å²) in [4.78, 5) is 22.3. The summed E-state index contributed by atoms with van der Waals surface area (Å²) in [5.74, 6) is -1.40. The molecule has 1 aliphatic carbocycles. The molecule has 0 spiro atoms. The van der Waals surface area contributed by atoms with Crippen LogP contribution in [-0.4, -0.2) is 16.9 Å². The number of benzene rings is 1. The molecule has 3 nitrogen and oxygen atoms in total. The lowest BCUT2D eigenvalue weighted by molar-refractivity contribution is -0.139. The van der Waals surface area contributed by atoms with Crippen molar-refractivity contribution in [2.75, 3.05) is 0 Å². The molecular formula is C13H12O3. The average molecular weight is 216 g/mol. The zero-order valence-electron chi connectivity index (χ0n) is 8.72. The first kappa shape index (κ1) is 10.6. The number of allylic oxidation sites excluding steroid dienone is 2. The Labute approximate surface area is 93.4 Å². The maximum Gasteiger partial charge on any atom is 0.304 e. The predicted octanol–water partition coefficient (Wildman–Crippen LogP) is 2.13. The number of carboxylic acid groups (broad SMARTS) is 1. The Morgan fingerprint density at radius 3 is 2.62 bits per heavy atom. The Balaban J connectivity index is 2.27. The van der Waals surface area contributed by atoms with Gasteiger partial charge < -0.3 is 5.11 Å². The van der Waals surface area contributed by atoms with E-state index in [1.165, 1.54) is 0 Å². The van der Waals surface area contributed by atoms with E-state index in [4.69, 9.17) is 5.11 Å². The van der Waals surface area contributed by atoms with Crippen LogP contribution in [0.25, 0.3) is 5.57 Å². The van der Waals surface area contributed by atoms with Gasteiger partial charge in [-0.25, -0.2) is 0 Å². The molecule has 16 heavy (non-hydrogen) atoms. The molecule has 0 saturated heterocycles. The molecule has 3 heteroatoms. The molecule has 2 rings (SSSR count). The largest absolute Gasteiger partial charge is 0.481 e. The number of hydrogen-bond donors (Lipinski definition) is 1. The van der Waals surface area contributed by atoms with E-state index in [1.54, 1.807) is 0 Å². The smallest absolute Gasteiger partial charge is 0.304 e. The zero-order valence-corrected chi connectivity index (χ0v) is 8.72. The molecular weight excluding hydrogens is 204 g/mol. The van der Waals surface area contributed by atoms with Crippen molar-refractivity contribution in [3.63, 3.8) is 0 Å². The fourth-order valence-corrected chi connectivity index (χ4v) is 2.02. The fourth-order valence-electron chi connectivity index (χ4n) is 2.02. The van der Waals surface area contributed by atoms with Crippen molar-refractivity contribution >= 4 is 17.3 Å². The van der Waals surface area contributed by atoms with Crippen LogP contribution in [0, 0.1) is 5.92 Å². The van der Waals surface area contributed by atoms with Crippen LogP contribution in [-0.2, 0) is 9.59 Å². The van der Waals surface area contributed by atoms with Gasteiger partial charge in [-0.05, 0) is 11.1 Å².